The maximum absolute atomic E-state index is 12.5. The number of amides is 1. The van der Waals surface area contributed by atoms with Crippen LogP contribution in [0.4, 0.5) is 0 Å². The van der Waals surface area contributed by atoms with E-state index in [2.05, 4.69) is 11.4 Å². The fraction of sp³-hybridized carbons (Fsp3) is 0.667. The zero-order valence-corrected chi connectivity index (χ0v) is 12.4. The molecule has 4 heteroatoms. The van der Waals surface area contributed by atoms with Gasteiger partial charge in [-0.25, -0.2) is 0 Å². The Hall–Kier alpha value is -0.870. The van der Waals surface area contributed by atoms with Gasteiger partial charge in [0.05, 0.1) is 5.92 Å². The molecular weight excluding hydrogens is 258 g/mol. The third-order valence-corrected chi connectivity index (χ3v) is 4.87. The molecule has 0 spiro atoms. The number of carbonyl (C=O) groups is 1. The van der Waals surface area contributed by atoms with Crippen LogP contribution in [-0.4, -0.2) is 36.1 Å². The highest BCUT2D eigenvalue weighted by atomic mass is 32.1. The molecule has 0 aliphatic heterocycles. The first kappa shape index (κ1) is 14.5. The minimum Gasteiger partial charge on any atom is -0.396 e. The van der Waals surface area contributed by atoms with Gasteiger partial charge in [0, 0.05) is 25.1 Å². The van der Waals surface area contributed by atoms with Crippen LogP contribution in [0.2, 0.25) is 0 Å². The number of hydrogen-bond acceptors (Lipinski definition) is 3. The normalized spacial score (nSPS) is 18.1. The number of aliphatic hydroxyl groups is 1. The van der Waals surface area contributed by atoms with Crippen molar-refractivity contribution in [2.45, 2.75) is 44.4 Å². The van der Waals surface area contributed by atoms with E-state index in [1.165, 1.54) is 10.4 Å². The quantitative estimate of drug-likeness (QED) is 0.815. The molecule has 0 saturated heterocycles. The van der Waals surface area contributed by atoms with Crippen molar-refractivity contribution in [1.82, 2.24) is 4.90 Å². The Morgan fingerprint density at radius 1 is 1.47 bits per heavy atom. The number of rotatable bonds is 6. The van der Waals surface area contributed by atoms with Crippen molar-refractivity contribution in [1.29, 1.82) is 0 Å². The maximum atomic E-state index is 12.5. The molecular formula is C15H23NO2S. The second-order valence-corrected chi connectivity index (χ2v) is 6.29. The van der Waals surface area contributed by atoms with Gasteiger partial charge in [-0.1, -0.05) is 0 Å². The van der Waals surface area contributed by atoms with E-state index >= 15 is 0 Å². The molecule has 1 aromatic heterocycles. The predicted octanol–water partition coefficient (Wildman–Crippen LogP) is 2.79. The van der Waals surface area contributed by atoms with Gasteiger partial charge in [-0.3, -0.25) is 4.79 Å². The molecule has 1 aromatic rings. The van der Waals surface area contributed by atoms with Crippen LogP contribution in [0.25, 0.3) is 0 Å². The van der Waals surface area contributed by atoms with Crippen molar-refractivity contribution in [2.75, 3.05) is 20.2 Å². The number of hydrogen-bond donors (Lipinski definition) is 1. The fourth-order valence-electron chi connectivity index (χ4n) is 2.76. The predicted molar refractivity (Wildman–Crippen MR) is 78.6 cm³/mol. The Morgan fingerprint density at radius 3 is 3.11 bits per heavy atom. The SMILES string of the molecule is CN(CCCCCO)C(=O)C1CCCc2sccc21. The first-order chi connectivity index (χ1) is 9.24. The van der Waals surface area contributed by atoms with E-state index in [9.17, 15) is 4.79 Å². The van der Waals surface area contributed by atoms with Gasteiger partial charge >= 0.3 is 0 Å². The number of aryl methyl sites for hydroxylation is 1. The van der Waals surface area contributed by atoms with E-state index < -0.39 is 0 Å². The van der Waals surface area contributed by atoms with Crippen molar-refractivity contribution in [3.8, 4) is 0 Å². The molecule has 0 aromatic carbocycles. The lowest BCUT2D eigenvalue weighted by Crippen LogP contribution is -2.33. The summed E-state index contributed by atoms with van der Waals surface area (Å²) in [6, 6.07) is 2.13. The van der Waals surface area contributed by atoms with Gasteiger partial charge in [0.2, 0.25) is 5.91 Å². The zero-order chi connectivity index (χ0) is 13.7. The van der Waals surface area contributed by atoms with Crippen LogP contribution in [0.3, 0.4) is 0 Å². The molecule has 0 fully saturated rings. The topological polar surface area (TPSA) is 40.5 Å². The van der Waals surface area contributed by atoms with Gasteiger partial charge in [-0.2, -0.15) is 0 Å². The summed E-state index contributed by atoms with van der Waals surface area (Å²) >= 11 is 1.78. The molecule has 2 rings (SSSR count). The molecule has 0 saturated carbocycles. The lowest BCUT2D eigenvalue weighted by atomic mass is 9.87. The third-order valence-electron chi connectivity index (χ3n) is 3.88. The number of carbonyl (C=O) groups excluding carboxylic acids is 1. The van der Waals surface area contributed by atoms with Gasteiger partial charge in [0.25, 0.3) is 0 Å². The van der Waals surface area contributed by atoms with E-state index in [0.29, 0.717) is 0 Å². The molecule has 19 heavy (non-hydrogen) atoms. The van der Waals surface area contributed by atoms with Crippen molar-refractivity contribution >= 4 is 17.2 Å². The second kappa shape index (κ2) is 7.06. The Bertz CT molecular complexity index is 416. The van der Waals surface area contributed by atoms with E-state index in [-0.39, 0.29) is 18.4 Å². The average molecular weight is 281 g/mol. The van der Waals surface area contributed by atoms with Crippen LogP contribution in [0, 0.1) is 0 Å². The molecule has 1 unspecified atom stereocenters. The summed E-state index contributed by atoms with van der Waals surface area (Å²) in [5, 5.41) is 10.9. The number of likely N-dealkylation sites (N-methyl/N-ethyl adjacent to an activating group) is 1. The first-order valence-corrected chi connectivity index (χ1v) is 8.04. The standard InChI is InChI=1S/C15H23NO2S/c1-16(9-3-2-4-10-17)15(18)13-6-5-7-14-12(13)8-11-19-14/h8,11,13,17H,2-7,9-10H2,1H3. The highest BCUT2D eigenvalue weighted by Crippen LogP contribution is 2.35. The van der Waals surface area contributed by atoms with Gasteiger partial charge < -0.3 is 10.0 Å². The highest BCUT2D eigenvalue weighted by Gasteiger charge is 2.29. The molecule has 1 aliphatic carbocycles. The third kappa shape index (κ3) is 3.57. The smallest absolute Gasteiger partial charge is 0.229 e. The van der Waals surface area contributed by atoms with Crippen LogP contribution in [0.15, 0.2) is 11.4 Å². The van der Waals surface area contributed by atoms with Crippen LogP contribution in [0.5, 0.6) is 0 Å². The minimum atomic E-state index is 0.0813. The lowest BCUT2D eigenvalue weighted by Gasteiger charge is -2.27. The largest absolute Gasteiger partial charge is 0.396 e. The lowest BCUT2D eigenvalue weighted by molar-refractivity contribution is -0.131. The summed E-state index contributed by atoms with van der Waals surface area (Å²) in [7, 11) is 1.90. The molecule has 0 bridgehead atoms. The number of unbranched alkanes of at least 4 members (excludes halogenated alkanes) is 2. The zero-order valence-electron chi connectivity index (χ0n) is 11.6. The molecule has 3 nitrogen and oxygen atoms in total. The van der Waals surface area contributed by atoms with E-state index in [1.54, 1.807) is 11.3 Å². The average Bonchev–Trinajstić information content (AvgIpc) is 2.90. The number of aliphatic hydroxyl groups excluding tert-OH is 1. The van der Waals surface area contributed by atoms with E-state index in [1.807, 2.05) is 11.9 Å². The highest BCUT2D eigenvalue weighted by molar-refractivity contribution is 7.10. The fourth-order valence-corrected chi connectivity index (χ4v) is 3.74. The molecule has 1 amide bonds. The van der Waals surface area contributed by atoms with Crippen molar-refractivity contribution in [3.05, 3.63) is 21.9 Å². The summed E-state index contributed by atoms with van der Waals surface area (Å²) in [6.45, 7) is 1.05. The number of thiophene rings is 1. The molecule has 1 atom stereocenters. The molecule has 0 radical (unpaired) electrons. The molecule has 1 aliphatic rings. The van der Waals surface area contributed by atoms with Crippen molar-refractivity contribution < 1.29 is 9.90 Å². The van der Waals surface area contributed by atoms with Crippen LogP contribution >= 0.6 is 11.3 Å². The molecule has 1 N–H and O–H groups in total. The summed E-state index contributed by atoms with van der Waals surface area (Å²) in [4.78, 5) is 15.8. The van der Waals surface area contributed by atoms with Crippen molar-refractivity contribution in [3.63, 3.8) is 0 Å². The van der Waals surface area contributed by atoms with Crippen LogP contribution in [-0.2, 0) is 11.2 Å². The molecule has 106 valence electrons. The van der Waals surface area contributed by atoms with Gasteiger partial charge in [0.15, 0.2) is 0 Å². The minimum absolute atomic E-state index is 0.0813. The Balaban J connectivity index is 1.90. The van der Waals surface area contributed by atoms with Crippen LogP contribution < -0.4 is 0 Å². The number of fused-ring (bicyclic) bond motifs is 1. The number of nitrogens with zero attached hydrogens (tertiary/aromatic N) is 1. The Kier molecular flexibility index (Phi) is 5.40. The van der Waals surface area contributed by atoms with E-state index in [0.717, 1.165) is 45.1 Å². The summed E-state index contributed by atoms with van der Waals surface area (Å²) in [5.41, 5.74) is 1.27. The van der Waals surface area contributed by atoms with Crippen molar-refractivity contribution in [2.24, 2.45) is 0 Å². The second-order valence-electron chi connectivity index (χ2n) is 5.29. The Labute approximate surface area is 119 Å². The summed E-state index contributed by atoms with van der Waals surface area (Å²) in [5.74, 6) is 0.348. The van der Waals surface area contributed by atoms with Crippen LogP contribution in [0.1, 0.15) is 48.5 Å². The van der Waals surface area contributed by atoms with Gasteiger partial charge in [0.1, 0.15) is 0 Å². The monoisotopic (exact) mass is 281 g/mol. The Morgan fingerprint density at radius 2 is 2.32 bits per heavy atom. The maximum Gasteiger partial charge on any atom is 0.229 e. The van der Waals surface area contributed by atoms with Gasteiger partial charge in [-0.05, 0) is 55.5 Å². The van der Waals surface area contributed by atoms with Gasteiger partial charge in [-0.15, -0.1) is 11.3 Å². The summed E-state index contributed by atoms with van der Waals surface area (Å²) < 4.78 is 0. The summed E-state index contributed by atoms with van der Waals surface area (Å²) in [6.07, 6.45) is 6.05. The molecule has 1 heterocycles. The first-order valence-electron chi connectivity index (χ1n) is 7.16. The van der Waals surface area contributed by atoms with E-state index in [4.69, 9.17) is 5.11 Å².